The minimum atomic E-state index is -0.864. The number of carbonyl (C=O) groups excluding carboxylic acids is 3. The van der Waals surface area contributed by atoms with Crippen LogP contribution in [0.1, 0.15) is 49.1 Å². The summed E-state index contributed by atoms with van der Waals surface area (Å²) in [6.07, 6.45) is 7.31. The van der Waals surface area contributed by atoms with E-state index in [-0.39, 0.29) is 24.0 Å². The highest BCUT2D eigenvalue weighted by Crippen LogP contribution is 2.67. The average Bonchev–Trinajstić information content (AvgIpc) is 3.49. The Hall–Kier alpha value is -2.95. The monoisotopic (exact) mass is 640 g/mol. The molecule has 1 aromatic heterocycles. The topological polar surface area (TPSA) is 85.4 Å². The van der Waals surface area contributed by atoms with Crippen molar-refractivity contribution in [3.05, 3.63) is 62.8 Å². The van der Waals surface area contributed by atoms with E-state index in [1.807, 2.05) is 36.7 Å². The lowest BCUT2D eigenvalue weighted by molar-refractivity contribution is -0.222. The number of hydrogen-bond acceptors (Lipinski definition) is 8. The first kappa shape index (κ1) is 28.2. The van der Waals surface area contributed by atoms with E-state index < -0.39 is 23.1 Å². The SMILES string of the molecule is C=CCN1CC[C@]23c4c5ccc(OC(C)=O)c4O[C@H]2[C@H](N(C)C(=O)/C=C/c2cc(Br)cs2)CC[C@@]3(OC(C)=O)[C@H]1C5. The van der Waals surface area contributed by atoms with E-state index in [0.717, 1.165) is 27.0 Å². The number of amides is 1. The standard InChI is InChI=1S/C31H33BrN2O6S/c1-5-13-34-14-12-30-27-20-6-8-24(38-18(2)35)28(27)39-29(30)23(10-11-31(30,25(34)15-20)40-19(3)36)33(4)26(37)9-7-22-16-21(32)17-41-22/h5-9,16-17,23,25,29H,1,10-15H2,2-4H3/b9-7+/t23-,25-,29+,30+,31-/m1/s1. The number of thiophene rings is 1. The van der Waals surface area contributed by atoms with Gasteiger partial charge in [0.1, 0.15) is 11.7 Å². The van der Waals surface area contributed by atoms with Crippen LogP contribution in [0.25, 0.3) is 6.08 Å². The van der Waals surface area contributed by atoms with Gasteiger partial charge in [-0.05, 0) is 65.4 Å². The lowest BCUT2D eigenvalue weighted by atomic mass is 9.48. The number of rotatable bonds is 7. The summed E-state index contributed by atoms with van der Waals surface area (Å²) in [5.74, 6) is -0.0183. The molecule has 41 heavy (non-hydrogen) atoms. The molecule has 216 valence electrons. The molecule has 5 atom stereocenters. The maximum absolute atomic E-state index is 13.5. The number of halogens is 1. The number of hydrogen-bond donors (Lipinski definition) is 0. The molecular weight excluding hydrogens is 608 g/mol. The largest absolute Gasteiger partial charge is 0.483 e. The van der Waals surface area contributed by atoms with Crippen molar-refractivity contribution in [1.29, 1.82) is 0 Å². The normalized spacial score (nSPS) is 29.4. The highest BCUT2D eigenvalue weighted by atomic mass is 79.9. The molecule has 6 rings (SSSR count). The Balaban J connectivity index is 1.47. The third kappa shape index (κ3) is 4.29. The molecule has 2 fully saturated rings. The average molecular weight is 642 g/mol. The van der Waals surface area contributed by atoms with Gasteiger partial charge in [0.25, 0.3) is 0 Å². The van der Waals surface area contributed by atoms with E-state index >= 15 is 0 Å². The van der Waals surface area contributed by atoms with Crippen LogP contribution in [0.4, 0.5) is 0 Å². The van der Waals surface area contributed by atoms with Crippen molar-refractivity contribution >= 4 is 51.2 Å². The van der Waals surface area contributed by atoms with Crippen molar-refractivity contribution in [2.24, 2.45) is 0 Å². The second-order valence-corrected chi connectivity index (χ2v) is 13.2. The van der Waals surface area contributed by atoms with Crippen LogP contribution < -0.4 is 9.47 Å². The van der Waals surface area contributed by atoms with Gasteiger partial charge in [0.15, 0.2) is 11.5 Å². The van der Waals surface area contributed by atoms with Crippen LogP contribution in [0.5, 0.6) is 11.5 Å². The van der Waals surface area contributed by atoms with E-state index in [0.29, 0.717) is 43.7 Å². The van der Waals surface area contributed by atoms with Crippen LogP contribution in [0.2, 0.25) is 0 Å². The maximum Gasteiger partial charge on any atom is 0.308 e. The highest BCUT2D eigenvalue weighted by Gasteiger charge is 2.75. The Morgan fingerprint density at radius 3 is 2.76 bits per heavy atom. The molecule has 2 aromatic rings. The number of benzene rings is 1. The van der Waals surface area contributed by atoms with Crippen molar-refractivity contribution in [2.75, 3.05) is 20.1 Å². The minimum Gasteiger partial charge on any atom is -0.483 e. The second-order valence-electron chi connectivity index (χ2n) is 11.3. The minimum absolute atomic E-state index is 0.0820. The quantitative estimate of drug-likeness (QED) is 0.184. The molecule has 2 bridgehead atoms. The molecule has 0 radical (unpaired) electrons. The van der Waals surface area contributed by atoms with E-state index in [1.54, 1.807) is 28.4 Å². The zero-order valence-electron chi connectivity index (χ0n) is 23.4. The summed E-state index contributed by atoms with van der Waals surface area (Å²) in [4.78, 5) is 43.5. The smallest absolute Gasteiger partial charge is 0.308 e. The van der Waals surface area contributed by atoms with E-state index in [2.05, 4.69) is 27.4 Å². The fourth-order valence-electron chi connectivity index (χ4n) is 7.90. The van der Waals surface area contributed by atoms with Crippen molar-refractivity contribution in [3.8, 4) is 11.5 Å². The summed E-state index contributed by atoms with van der Waals surface area (Å²) >= 11 is 5.01. The Morgan fingerprint density at radius 1 is 1.27 bits per heavy atom. The van der Waals surface area contributed by atoms with Crippen LogP contribution in [-0.2, 0) is 31.0 Å². The summed E-state index contributed by atoms with van der Waals surface area (Å²) < 4.78 is 19.9. The fourth-order valence-corrected chi connectivity index (χ4v) is 9.23. The molecule has 0 unspecified atom stereocenters. The number of likely N-dealkylation sites (tertiary alicyclic amines) is 1. The zero-order valence-corrected chi connectivity index (χ0v) is 25.8. The van der Waals surface area contributed by atoms with E-state index in [1.165, 1.54) is 13.8 Å². The first-order valence-corrected chi connectivity index (χ1v) is 15.5. The molecule has 4 aliphatic rings. The summed E-state index contributed by atoms with van der Waals surface area (Å²) in [7, 11) is 1.81. The van der Waals surface area contributed by atoms with Gasteiger partial charge in [0.2, 0.25) is 5.91 Å². The zero-order chi connectivity index (χ0) is 29.1. The predicted octanol–water partition coefficient (Wildman–Crippen LogP) is 4.89. The van der Waals surface area contributed by atoms with Crippen LogP contribution in [0.15, 0.2) is 46.8 Å². The number of ether oxygens (including phenoxy) is 3. The number of nitrogens with zero attached hydrogens (tertiary/aromatic N) is 2. The summed E-state index contributed by atoms with van der Waals surface area (Å²) in [6.45, 7) is 8.24. The van der Waals surface area contributed by atoms with Crippen molar-refractivity contribution in [2.45, 2.75) is 68.7 Å². The van der Waals surface area contributed by atoms with Crippen molar-refractivity contribution in [1.82, 2.24) is 9.80 Å². The van der Waals surface area contributed by atoms with Gasteiger partial charge in [0.05, 0.1) is 17.5 Å². The van der Waals surface area contributed by atoms with Gasteiger partial charge in [-0.2, -0.15) is 0 Å². The Labute approximate surface area is 252 Å². The summed E-state index contributed by atoms with van der Waals surface area (Å²) in [6, 6.07) is 5.40. The first-order valence-electron chi connectivity index (χ1n) is 13.9. The summed E-state index contributed by atoms with van der Waals surface area (Å²) in [5, 5.41) is 1.98. The van der Waals surface area contributed by atoms with E-state index in [9.17, 15) is 14.4 Å². The van der Waals surface area contributed by atoms with E-state index in [4.69, 9.17) is 14.2 Å². The molecule has 1 saturated carbocycles. The molecule has 8 nitrogen and oxygen atoms in total. The highest BCUT2D eigenvalue weighted by molar-refractivity contribution is 9.10. The lowest BCUT2D eigenvalue weighted by Gasteiger charge is -2.65. The lowest BCUT2D eigenvalue weighted by Crippen LogP contribution is -2.79. The number of esters is 2. The molecule has 1 spiro atoms. The van der Waals surface area contributed by atoms with Gasteiger partial charge in [-0.15, -0.1) is 17.9 Å². The van der Waals surface area contributed by atoms with Crippen molar-refractivity contribution in [3.63, 3.8) is 0 Å². The Bertz CT molecular complexity index is 1470. The second kappa shape index (κ2) is 10.4. The molecule has 2 aliphatic heterocycles. The number of carbonyl (C=O) groups is 3. The number of piperidine rings is 1. The molecule has 1 saturated heterocycles. The maximum atomic E-state index is 13.5. The molecule has 0 N–H and O–H groups in total. The third-order valence-corrected chi connectivity index (χ3v) is 10.9. The van der Waals surface area contributed by atoms with Crippen LogP contribution >= 0.6 is 27.3 Å². The fraction of sp³-hybridized carbons (Fsp3) is 0.452. The molecule has 1 amide bonds. The molecular formula is C31H33BrN2O6S. The van der Waals surface area contributed by atoms with Gasteiger partial charge in [-0.3, -0.25) is 19.3 Å². The Kier molecular flexibility index (Phi) is 7.15. The molecule has 3 heterocycles. The summed E-state index contributed by atoms with van der Waals surface area (Å²) in [5.41, 5.74) is 0.483. The van der Waals surface area contributed by atoms with Gasteiger partial charge in [-0.25, -0.2) is 0 Å². The van der Waals surface area contributed by atoms with Crippen molar-refractivity contribution < 1.29 is 28.6 Å². The molecule has 1 aromatic carbocycles. The molecule has 10 heteroatoms. The van der Waals surface area contributed by atoms with Gasteiger partial charge in [-0.1, -0.05) is 12.1 Å². The van der Waals surface area contributed by atoms with Gasteiger partial charge >= 0.3 is 11.9 Å². The Morgan fingerprint density at radius 2 is 2.07 bits per heavy atom. The predicted molar refractivity (Wildman–Crippen MR) is 159 cm³/mol. The number of likely N-dealkylation sites (N-methyl/N-ethyl adjacent to an activating group) is 1. The van der Waals surface area contributed by atoms with Crippen LogP contribution in [0, 0.1) is 0 Å². The molecule has 2 aliphatic carbocycles. The third-order valence-electron chi connectivity index (χ3n) is 9.25. The first-order chi connectivity index (χ1) is 19.6. The van der Waals surface area contributed by atoms with Gasteiger partial charge in [0, 0.05) is 60.4 Å². The van der Waals surface area contributed by atoms with Crippen LogP contribution in [-0.4, -0.2) is 71.6 Å². The van der Waals surface area contributed by atoms with Crippen LogP contribution in [0.3, 0.4) is 0 Å². The van der Waals surface area contributed by atoms with Gasteiger partial charge < -0.3 is 19.1 Å².